The molecule has 1 atom stereocenters. The van der Waals surface area contributed by atoms with Gasteiger partial charge in [-0.3, -0.25) is 4.79 Å². The number of carbonyl (C=O) groups excluding carboxylic acids is 2. The molecular formula is C25H26ClN3O3. The fourth-order valence-electron chi connectivity index (χ4n) is 3.90. The number of carbonyl (C=O) groups is 2. The van der Waals surface area contributed by atoms with Crippen LogP contribution in [-0.4, -0.2) is 34.6 Å². The molecule has 0 aliphatic heterocycles. The van der Waals surface area contributed by atoms with E-state index >= 15 is 0 Å². The van der Waals surface area contributed by atoms with Crippen molar-refractivity contribution in [1.82, 2.24) is 14.9 Å². The summed E-state index contributed by atoms with van der Waals surface area (Å²) >= 11 is 0. The maximum absolute atomic E-state index is 12.6. The highest BCUT2D eigenvalue weighted by molar-refractivity contribution is 6.10. The standard InChI is InChI=1S/C25H25N3O3.ClH/c1-17(25(30)31-2)27-24(29)21-15-20-19-12-6-7-13-22(19)28(23(20)16-26-21)14-8-11-18-9-4-3-5-10-18;/h3-7,9-10,12-13,15-17H,8,11,14H2,1-2H3,(H,27,29);1H/t17-;/m0./s1. The number of hydrogen-bond donors (Lipinski definition) is 1. The molecule has 6 nitrogen and oxygen atoms in total. The molecule has 0 spiro atoms. The summed E-state index contributed by atoms with van der Waals surface area (Å²) in [5.41, 5.74) is 3.70. The van der Waals surface area contributed by atoms with Gasteiger partial charge in [0.2, 0.25) is 0 Å². The molecule has 2 aromatic heterocycles. The normalized spacial score (nSPS) is 11.7. The minimum Gasteiger partial charge on any atom is -0.467 e. The average Bonchev–Trinajstić information content (AvgIpc) is 3.12. The van der Waals surface area contributed by atoms with Gasteiger partial charge in [-0.2, -0.15) is 0 Å². The number of halogens is 1. The van der Waals surface area contributed by atoms with E-state index in [4.69, 9.17) is 0 Å². The van der Waals surface area contributed by atoms with Crippen LogP contribution in [0.4, 0.5) is 0 Å². The zero-order valence-electron chi connectivity index (χ0n) is 18.1. The van der Waals surface area contributed by atoms with Crippen molar-refractivity contribution in [1.29, 1.82) is 0 Å². The number of nitrogens with one attached hydrogen (secondary N) is 1. The Morgan fingerprint density at radius 1 is 1.03 bits per heavy atom. The van der Waals surface area contributed by atoms with Crippen LogP contribution in [0.3, 0.4) is 0 Å². The zero-order valence-corrected chi connectivity index (χ0v) is 18.9. The van der Waals surface area contributed by atoms with Crippen molar-refractivity contribution < 1.29 is 14.3 Å². The highest BCUT2D eigenvalue weighted by atomic mass is 35.5. The Balaban J connectivity index is 0.00000289. The van der Waals surface area contributed by atoms with Crippen LogP contribution in [0.2, 0.25) is 0 Å². The molecule has 0 saturated carbocycles. The lowest BCUT2D eigenvalue weighted by Crippen LogP contribution is -2.39. The summed E-state index contributed by atoms with van der Waals surface area (Å²) in [6.07, 6.45) is 3.74. The molecule has 1 N–H and O–H groups in total. The summed E-state index contributed by atoms with van der Waals surface area (Å²) in [6.45, 7) is 2.44. The summed E-state index contributed by atoms with van der Waals surface area (Å²) in [6, 6.07) is 19.7. The number of ether oxygens (including phenoxy) is 1. The van der Waals surface area contributed by atoms with Gasteiger partial charge in [-0.25, -0.2) is 9.78 Å². The predicted octanol–water partition coefficient (Wildman–Crippen LogP) is 4.54. The number of hydrogen-bond acceptors (Lipinski definition) is 4. The molecule has 0 fully saturated rings. The third kappa shape index (κ3) is 4.75. The van der Waals surface area contributed by atoms with Gasteiger partial charge in [-0.05, 0) is 37.5 Å². The van der Waals surface area contributed by atoms with Crippen LogP contribution < -0.4 is 5.32 Å². The van der Waals surface area contributed by atoms with E-state index in [2.05, 4.69) is 56.0 Å². The lowest BCUT2D eigenvalue weighted by atomic mass is 10.1. The summed E-state index contributed by atoms with van der Waals surface area (Å²) in [7, 11) is 1.29. The van der Waals surface area contributed by atoms with E-state index in [1.165, 1.54) is 12.7 Å². The number of fused-ring (bicyclic) bond motifs is 3. The second kappa shape index (κ2) is 10.3. The van der Waals surface area contributed by atoms with Crippen molar-refractivity contribution in [2.24, 2.45) is 0 Å². The largest absolute Gasteiger partial charge is 0.467 e. The van der Waals surface area contributed by atoms with E-state index in [9.17, 15) is 9.59 Å². The Morgan fingerprint density at radius 3 is 2.50 bits per heavy atom. The molecule has 1 amide bonds. The third-order valence-electron chi connectivity index (χ3n) is 5.48. The highest BCUT2D eigenvalue weighted by Crippen LogP contribution is 2.29. The summed E-state index contributed by atoms with van der Waals surface area (Å²) in [5, 5.41) is 4.69. The molecule has 4 aromatic rings. The van der Waals surface area contributed by atoms with Crippen LogP contribution in [0.1, 0.15) is 29.4 Å². The van der Waals surface area contributed by atoms with E-state index in [0.29, 0.717) is 0 Å². The van der Waals surface area contributed by atoms with Gasteiger partial charge in [0.15, 0.2) is 0 Å². The van der Waals surface area contributed by atoms with Gasteiger partial charge in [-0.1, -0.05) is 48.5 Å². The van der Waals surface area contributed by atoms with Crippen molar-refractivity contribution in [3.63, 3.8) is 0 Å². The first kappa shape index (κ1) is 23.3. The Bertz CT molecular complexity index is 1240. The van der Waals surface area contributed by atoms with Gasteiger partial charge < -0.3 is 14.6 Å². The third-order valence-corrected chi connectivity index (χ3v) is 5.48. The van der Waals surface area contributed by atoms with E-state index in [-0.39, 0.29) is 18.1 Å². The summed E-state index contributed by atoms with van der Waals surface area (Å²) in [5.74, 6) is -0.898. The number of esters is 1. The molecule has 0 aliphatic rings. The van der Waals surface area contributed by atoms with Crippen LogP contribution in [0.5, 0.6) is 0 Å². The smallest absolute Gasteiger partial charge is 0.328 e. The number of nitrogens with zero attached hydrogens (tertiary/aromatic N) is 2. The minimum absolute atomic E-state index is 0. The minimum atomic E-state index is -0.741. The van der Waals surface area contributed by atoms with Gasteiger partial charge in [0.05, 0.1) is 18.8 Å². The van der Waals surface area contributed by atoms with Crippen molar-refractivity contribution in [2.45, 2.75) is 32.4 Å². The van der Waals surface area contributed by atoms with Crippen LogP contribution >= 0.6 is 12.4 Å². The number of methoxy groups -OCH3 is 1. The fraction of sp³-hybridized carbons (Fsp3) is 0.240. The van der Waals surface area contributed by atoms with Crippen molar-refractivity contribution in [2.75, 3.05) is 7.11 Å². The molecule has 7 heteroatoms. The van der Waals surface area contributed by atoms with Crippen molar-refractivity contribution >= 4 is 46.1 Å². The Morgan fingerprint density at radius 2 is 1.75 bits per heavy atom. The summed E-state index contributed by atoms with van der Waals surface area (Å²) in [4.78, 5) is 28.6. The highest BCUT2D eigenvalue weighted by Gasteiger charge is 2.19. The molecule has 0 saturated heterocycles. The molecule has 32 heavy (non-hydrogen) atoms. The number of rotatable bonds is 7. The first-order chi connectivity index (χ1) is 15.1. The quantitative estimate of drug-likeness (QED) is 0.419. The summed E-state index contributed by atoms with van der Waals surface area (Å²) < 4.78 is 6.94. The first-order valence-corrected chi connectivity index (χ1v) is 10.4. The van der Waals surface area contributed by atoms with Gasteiger partial charge >= 0.3 is 5.97 Å². The van der Waals surface area contributed by atoms with E-state index in [1.807, 2.05) is 18.2 Å². The molecule has 2 heterocycles. The van der Waals surface area contributed by atoms with E-state index in [1.54, 1.807) is 19.2 Å². The number of para-hydroxylation sites is 1. The molecule has 0 radical (unpaired) electrons. The van der Waals surface area contributed by atoms with Crippen molar-refractivity contribution in [3.05, 3.63) is 78.1 Å². The molecule has 0 bridgehead atoms. The van der Waals surface area contributed by atoms with Gasteiger partial charge in [-0.15, -0.1) is 12.4 Å². The lowest BCUT2D eigenvalue weighted by molar-refractivity contribution is -0.142. The molecular weight excluding hydrogens is 426 g/mol. The number of aromatic nitrogens is 2. The van der Waals surface area contributed by atoms with Crippen LogP contribution in [0.15, 0.2) is 66.9 Å². The van der Waals surface area contributed by atoms with Gasteiger partial charge in [0, 0.05) is 22.8 Å². The predicted molar refractivity (Wildman–Crippen MR) is 128 cm³/mol. The van der Waals surface area contributed by atoms with Crippen LogP contribution in [-0.2, 0) is 22.5 Å². The Kier molecular flexibility index (Phi) is 7.49. The van der Waals surface area contributed by atoms with Crippen LogP contribution in [0, 0.1) is 0 Å². The SMILES string of the molecule is COC(=O)[C@H](C)NC(=O)c1cc2c3ccccc3n(CCCc3ccccc3)c2cn1.Cl. The zero-order chi connectivity index (χ0) is 21.8. The van der Waals surface area contributed by atoms with Gasteiger partial charge in [0.1, 0.15) is 11.7 Å². The number of amides is 1. The Hall–Kier alpha value is -3.38. The fourth-order valence-corrected chi connectivity index (χ4v) is 3.90. The first-order valence-electron chi connectivity index (χ1n) is 10.4. The van der Waals surface area contributed by atoms with Crippen molar-refractivity contribution in [3.8, 4) is 0 Å². The maximum Gasteiger partial charge on any atom is 0.328 e. The molecule has 166 valence electrons. The molecule has 0 unspecified atom stereocenters. The van der Waals surface area contributed by atoms with Crippen LogP contribution in [0.25, 0.3) is 21.8 Å². The number of benzene rings is 2. The average molecular weight is 452 g/mol. The number of pyridine rings is 1. The Labute approximate surface area is 193 Å². The van der Waals surface area contributed by atoms with Gasteiger partial charge in [0.25, 0.3) is 5.91 Å². The monoisotopic (exact) mass is 451 g/mol. The molecule has 0 aliphatic carbocycles. The lowest BCUT2D eigenvalue weighted by Gasteiger charge is -2.11. The number of aryl methyl sites for hydroxylation is 2. The topological polar surface area (TPSA) is 73.2 Å². The van der Waals surface area contributed by atoms with E-state index < -0.39 is 17.9 Å². The molecule has 2 aromatic carbocycles. The van der Waals surface area contributed by atoms with E-state index in [0.717, 1.165) is 41.2 Å². The molecule has 4 rings (SSSR count). The second-order valence-corrected chi connectivity index (χ2v) is 7.56. The maximum atomic E-state index is 12.6. The second-order valence-electron chi connectivity index (χ2n) is 7.56.